The zero-order valence-electron chi connectivity index (χ0n) is 22.1. The van der Waals surface area contributed by atoms with Gasteiger partial charge in [0.25, 0.3) is 10.0 Å². The molecule has 4 aromatic rings. The highest BCUT2D eigenvalue weighted by atomic mass is 32.2. The van der Waals surface area contributed by atoms with E-state index in [1.165, 1.54) is 12.8 Å². The van der Waals surface area contributed by atoms with E-state index < -0.39 is 16.1 Å². The van der Waals surface area contributed by atoms with Crippen LogP contribution in [0.15, 0.2) is 78.0 Å². The lowest BCUT2D eigenvalue weighted by Gasteiger charge is -2.12. The number of aliphatic hydroxyl groups excluding tert-OH is 1. The summed E-state index contributed by atoms with van der Waals surface area (Å²) in [7, 11) is -3.75. The van der Waals surface area contributed by atoms with E-state index in [-0.39, 0.29) is 4.90 Å². The molecule has 0 bridgehead atoms. The largest absolute Gasteiger partial charge is 0.387 e. The number of aromatic nitrogens is 5. The summed E-state index contributed by atoms with van der Waals surface area (Å²) < 4.78 is 28.4. The molecule has 0 spiro atoms. The number of sulfonamides is 1. The number of nitrogens with one attached hydrogen (secondary N) is 2. The Labute approximate surface area is 229 Å². The van der Waals surface area contributed by atoms with Gasteiger partial charge in [0, 0.05) is 35.8 Å². The molecular weight excluding hydrogens is 514 g/mol. The second-order valence-electron chi connectivity index (χ2n) is 9.35. The van der Waals surface area contributed by atoms with E-state index in [0.29, 0.717) is 36.7 Å². The summed E-state index contributed by atoms with van der Waals surface area (Å²) in [6.45, 7) is 3.99. The van der Waals surface area contributed by atoms with E-state index in [0.717, 1.165) is 30.4 Å². The minimum Gasteiger partial charge on any atom is -0.387 e. The Balaban J connectivity index is 1.26. The lowest BCUT2D eigenvalue weighted by Crippen LogP contribution is -2.23. The third-order valence-electron chi connectivity index (χ3n) is 6.29. The Bertz CT molecular complexity index is 1390. The van der Waals surface area contributed by atoms with Gasteiger partial charge in [0.15, 0.2) is 0 Å². The van der Waals surface area contributed by atoms with Gasteiger partial charge in [0.1, 0.15) is 0 Å². The van der Waals surface area contributed by atoms with E-state index in [1.807, 2.05) is 18.2 Å². The van der Waals surface area contributed by atoms with E-state index >= 15 is 0 Å². The summed E-state index contributed by atoms with van der Waals surface area (Å²) in [4.78, 5) is 5.76. The molecule has 1 unspecified atom stereocenters. The van der Waals surface area contributed by atoms with Gasteiger partial charge in [-0.05, 0) is 72.6 Å². The summed E-state index contributed by atoms with van der Waals surface area (Å²) in [5.74, 6) is 0.471. The van der Waals surface area contributed by atoms with Crippen LogP contribution in [0.4, 0.5) is 5.69 Å². The molecule has 0 aliphatic carbocycles. The van der Waals surface area contributed by atoms with E-state index in [4.69, 9.17) is 0 Å². The molecule has 10 nitrogen and oxygen atoms in total. The number of unbranched alkanes of at least 4 members (excludes halogenated alkanes) is 3. The first-order chi connectivity index (χ1) is 18.9. The number of tetrazole rings is 1. The van der Waals surface area contributed by atoms with Gasteiger partial charge in [-0.15, -0.1) is 10.2 Å². The van der Waals surface area contributed by atoms with Gasteiger partial charge in [-0.1, -0.05) is 44.4 Å². The molecule has 0 radical (unpaired) electrons. The first-order valence-corrected chi connectivity index (χ1v) is 14.7. The molecule has 0 fully saturated rings. The van der Waals surface area contributed by atoms with Crippen molar-refractivity contribution in [1.82, 2.24) is 30.5 Å². The van der Waals surface area contributed by atoms with Crippen LogP contribution in [0.2, 0.25) is 0 Å². The van der Waals surface area contributed by atoms with Crippen molar-refractivity contribution in [2.75, 3.05) is 17.8 Å². The number of hydrogen-bond acceptors (Lipinski definition) is 8. The van der Waals surface area contributed by atoms with Crippen LogP contribution in [0.3, 0.4) is 0 Å². The van der Waals surface area contributed by atoms with E-state index in [9.17, 15) is 13.5 Å². The number of pyridine rings is 1. The molecule has 3 N–H and O–H groups in total. The number of nitrogens with zero attached hydrogens (tertiary/aromatic N) is 5. The van der Waals surface area contributed by atoms with Crippen LogP contribution in [0, 0.1) is 0 Å². The Morgan fingerprint density at radius 1 is 1.00 bits per heavy atom. The molecule has 0 saturated carbocycles. The van der Waals surface area contributed by atoms with Gasteiger partial charge in [0.05, 0.1) is 17.5 Å². The summed E-state index contributed by atoms with van der Waals surface area (Å²) in [5, 5.41) is 26.0. The summed E-state index contributed by atoms with van der Waals surface area (Å²) in [6.07, 6.45) is 7.94. The van der Waals surface area contributed by atoms with Gasteiger partial charge in [0.2, 0.25) is 5.82 Å². The first kappa shape index (κ1) is 28.3. The summed E-state index contributed by atoms with van der Waals surface area (Å²) in [6, 6.07) is 17.4. The number of hydrogen-bond donors (Lipinski definition) is 3. The molecule has 4 rings (SSSR count). The van der Waals surface area contributed by atoms with Crippen LogP contribution in [0.25, 0.3) is 11.4 Å². The van der Waals surface area contributed by atoms with Crippen LogP contribution >= 0.6 is 0 Å². The molecule has 1 atom stereocenters. The van der Waals surface area contributed by atoms with Crippen LogP contribution < -0.4 is 10.0 Å². The van der Waals surface area contributed by atoms with Crippen LogP contribution in [-0.4, -0.2) is 51.8 Å². The number of anilines is 1. The molecule has 11 heteroatoms. The van der Waals surface area contributed by atoms with Crippen molar-refractivity contribution in [2.45, 2.75) is 56.6 Å². The van der Waals surface area contributed by atoms with Crippen molar-refractivity contribution in [3.05, 3.63) is 84.2 Å². The van der Waals surface area contributed by atoms with Gasteiger partial charge < -0.3 is 10.4 Å². The standard InChI is InChI=1S/C28H35N7O3S/c1-2-3-4-5-19-35-32-28(31-34-35)23-10-14-26(15-11-23)39(37,38)33-25-12-8-22(9-13-25)16-18-30-21-27(36)24-7-6-17-29-20-24/h6-15,17,20,27,30,33,36H,2-5,16,18-19,21H2,1H3. The van der Waals surface area contributed by atoms with E-state index in [2.05, 4.69) is 37.4 Å². The quantitative estimate of drug-likeness (QED) is 0.190. The Morgan fingerprint density at radius 2 is 1.79 bits per heavy atom. The Kier molecular flexibility index (Phi) is 10.1. The summed E-state index contributed by atoms with van der Waals surface area (Å²) in [5.41, 5.74) is 3.01. The molecule has 0 aliphatic heterocycles. The topological polar surface area (TPSA) is 135 Å². The second kappa shape index (κ2) is 13.9. The highest BCUT2D eigenvalue weighted by Crippen LogP contribution is 2.21. The molecular formula is C28H35N7O3S. The highest BCUT2D eigenvalue weighted by molar-refractivity contribution is 7.92. The van der Waals surface area contributed by atoms with Crippen molar-refractivity contribution in [2.24, 2.45) is 0 Å². The fourth-order valence-electron chi connectivity index (χ4n) is 4.03. The smallest absolute Gasteiger partial charge is 0.261 e. The lowest BCUT2D eigenvalue weighted by molar-refractivity contribution is 0.174. The zero-order valence-corrected chi connectivity index (χ0v) is 22.9. The minimum atomic E-state index is -3.75. The van der Waals surface area contributed by atoms with Crippen molar-refractivity contribution < 1.29 is 13.5 Å². The molecule has 0 saturated heterocycles. The van der Waals surface area contributed by atoms with Gasteiger partial charge in [-0.3, -0.25) is 9.71 Å². The number of rotatable bonds is 15. The van der Waals surface area contributed by atoms with Crippen LogP contribution in [0.5, 0.6) is 0 Å². The van der Waals surface area contributed by atoms with Crippen molar-refractivity contribution in [3.63, 3.8) is 0 Å². The Hall–Kier alpha value is -3.67. The average Bonchev–Trinajstić information content (AvgIpc) is 3.44. The maximum atomic E-state index is 12.9. The first-order valence-electron chi connectivity index (χ1n) is 13.2. The highest BCUT2D eigenvalue weighted by Gasteiger charge is 2.15. The number of aliphatic hydroxyl groups is 1. The normalized spacial score (nSPS) is 12.4. The molecule has 2 aromatic heterocycles. The van der Waals surface area contributed by atoms with Crippen molar-refractivity contribution >= 4 is 15.7 Å². The monoisotopic (exact) mass is 549 g/mol. The van der Waals surface area contributed by atoms with Crippen LogP contribution in [-0.2, 0) is 23.0 Å². The average molecular weight is 550 g/mol. The lowest BCUT2D eigenvalue weighted by atomic mass is 10.1. The third kappa shape index (κ3) is 8.41. The number of benzene rings is 2. The fraction of sp³-hybridized carbons (Fsp3) is 0.357. The Morgan fingerprint density at radius 3 is 2.51 bits per heavy atom. The van der Waals surface area contributed by atoms with Gasteiger partial charge >= 0.3 is 0 Å². The molecule has 0 amide bonds. The van der Waals surface area contributed by atoms with Gasteiger partial charge in [-0.2, -0.15) is 4.80 Å². The molecule has 39 heavy (non-hydrogen) atoms. The predicted octanol–water partition coefficient (Wildman–Crippen LogP) is 3.98. The maximum absolute atomic E-state index is 12.9. The van der Waals surface area contributed by atoms with Gasteiger partial charge in [-0.25, -0.2) is 8.42 Å². The van der Waals surface area contributed by atoms with Crippen molar-refractivity contribution in [1.29, 1.82) is 0 Å². The molecule has 0 aliphatic rings. The molecule has 2 heterocycles. The van der Waals surface area contributed by atoms with E-state index in [1.54, 1.807) is 59.7 Å². The summed E-state index contributed by atoms with van der Waals surface area (Å²) >= 11 is 0. The minimum absolute atomic E-state index is 0.152. The molecule has 206 valence electrons. The fourth-order valence-corrected chi connectivity index (χ4v) is 5.09. The number of aryl methyl sites for hydroxylation is 1. The third-order valence-corrected chi connectivity index (χ3v) is 7.69. The van der Waals surface area contributed by atoms with Crippen LogP contribution in [0.1, 0.15) is 49.8 Å². The molecule has 2 aromatic carbocycles. The second-order valence-corrected chi connectivity index (χ2v) is 11.0. The predicted molar refractivity (Wildman–Crippen MR) is 150 cm³/mol. The van der Waals surface area contributed by atoms with Crippen molar-refractivity contribution in [3.8, 4) is 11.4 Å². The maximum Gasteiger partial charge on any atom is 0.261 e. The zero-order chi connectivity index (χ0) is 27.5. The SMILES string of the molecule is CCCCCCn1nnc(-c2ccc(S(=O)(=O)Nc3ccc(CCNCC(O)c4cccnc4)cc3)cc2)n1.